The maximum absolute atomic E-state index is 11.7. The van der Waals surface area contributed by atoms with Crippen molar-refractivity contribution in [3.63, 3.8) is 0 Å². The molecule has 0 aliphatic carbocycles. The summed E-state index contributed by atoms with van der Waals surface area (Å²) in [5.74, 6) is -0.542. The molecule has 2 N–H and O–H groups in total. The Kier molecular flexibility index (Phi) is 4.85. The number of hydrogen-bond acceptors (Lipinski definition) is 5. The highest BCUT2D eigenvalue weighted by Gasteiger charge is 2.23. The van der Waals surface area contributed by atoms with E-state index in [-0.39, 0.29) is 17.6 Å². The number of aliphatic hydroxyl groups is 1. The first kappa shape index (κ1) is 18.8. The fourth-order valence-electron chi connectivity index (χ4n) is 2.83. The number of carbonyl (C=O) groups excluding carboxylic acids is 1. The second-order valence-corrected chi connectivity index (χ2v) is 7.56. The number of rotatable bonds is 5. The summed E-state index contributed by atoms with van der Waals surface area (Å²) < 4.78 is 0. The summed E-state index contributed by atoms with van der Waals surface area (Å²) in [4.78, 5) is 13.1. The Morgan fingerprint density at radius 2 is 1.81 bits per heavy atom. The predicted octanol–water partition coefficient (Wildman–Crippen LogP) is 3.08. The molecule has 2 aromatic carbocycles. The van der Waals surface area contributed by atoms with Crippen LogP contribution in [0.5, 0.6) is 5.75 Å². The maximum Gasteiger partial charge on any atom is 0.183 e. The van der Waals surface area contributed by atoms with E-state index in [9.17, 15) is 15.0 Å². The molecule has 0 amide bonds. The van der Waals surface area contributed by atoms with Gasteiger partial charge in [-0.15, -0.1) is 15.0 Å². The number of phenols is 1. The molecule has 1 aromatic heterocycles. The minimum atomic E-state index is -1.26. The average molecular weight is 365 g/mol. The number of carbonyl (C=O) groups is 1. The Bertz CT molecular complexity index is 982. The van der Waals surface area contributed by atoms with E-state index in [0.29, 0.717) is 22.3 Å². The largest absolute Gasteiger partial charge is 0.505 e. The van der Waals surface area contributed by atoms with E-state index < -0.39 is 11.9 Å². The molecule has 3 rings (SSSR count). The number of nitrogens with zero attached hydrogens (tertiary/aromatic N) is 3. The molecule has 0 bridgehead atoms. The van der Waals surface area contributed by atoms with Crippen LogP contribution in [0.4, 0.5) is 0 Å². The molecular weight excluding hydrogens is 342 g/mol. The van der Waals surface area contributed by atoms with Crippen LogP contribution in [0.3, 0.4) is 0 Å². The van der Waals surface area contributed by atoms with Crippen LogP contribution in [0.1, 0.15) is 31.9 Å². The van der Waals surface area contributed by atoms with Crippen LogP contribution in [0, 0.1) is 0 Å². The highest BCUT2D eigenvalue weighted by atomic mass is 16.3. The van der Waals surface area contributed by atoms with Crippen LogP contribution in [0.25, 0.3) is 16.7 Å². The zero-order valence-corrected chi connectivity index (χ0v) is 15.7. The molecule has 0 radical (unpaired) electrons. The predicted molar refractivity (Wildman–Crippen MR) is 104 cm³/mol. The van der Waals surface area contributed by atoms with Gasteiger partial charge in [0.15, 0.2) is 5.78 Å². The van der Waals surface area contributed by atoms with Gasteiger partial charge in [-0.2, -0.15) is 0 Å². The van der Waals surface area contributed by atoms with Gasteiger partial charge < -0.3 is 10.2 Å². The number of hydrogen-bond donors (Lipinski definition) is 2. The van der Waals surface area contributed by atoms with E-state index >= 15 is 0 Å². The highest BCUT2D eigenvalue weighted by molar-refractivity contribution is 5.93. The Labute approximate surface area is 157 Å². The van der Waals surface area contributed by atoms with Gasteiger partial charge >= 0.3 is 0 Å². The van der Waals surface area contributed by atoms with Gasteiger partial charge in [-0.05, 0) is 40.8 Å². The van der Waals surface area contributed by atoms with Crippen molar-refractivity contribution in [1.82, 2.24) is 15.0 Å². The molecule has 140 valence electrons. The smallest absolute Gasteiger partial charge is 0.183 e. The third-order valence-corrected chi connectivity index (χ3v) is 4.48. The van der Waals surface area contributed by atoms with Gasteiger partial charge in [-0.25, -0.2) is 0 Å². The van der Waals surface area contributed by atoms with Crippen molar-refractivity contribution >= 4 is 16.8 Å². The number of phenolic OH excluding ortho intramolecular Hbond substituents is 1. The standard InChI is InChI=1S/C21H23N3O3/c1-5-18(25)19(26)11-13-10-14(21(2,3)4)12-17(20(13)27)24-22-15-8-6-7-9-16(15)23-24/h5-10,12,19,26-27H,1,11H2,2-4H3. The lowest BCUT2D eigenvalue weighted by Gasteiger charge is -2.22. The minimum Gasteiger partial charge on any atom is -0.505 e. The maximum atomic E-state index is 11.7. The second kappa shape index (κ2) is 6.96. The molecule has 0 aliphatic rings. The zero-order chi connectivity index (χ0) is 19.8. The molecule has 0 saturated carbocycles. The lowest BCUT2D eigenvalue weighted by atomic mass is 9.84. The Morgan fingerprint density at radius 1 is 1.22 bits per heavy atom. The summed E-state index contributed by atoms with van der Waals surface area (Å²) >= 11 is 0. The number of aliphatic hydroxyl groups excluding tert-OH is 1. The summed E-state index contributed by atoms with van der Waals surface area (Å²) in [6, 6.07) is 11.1. The Morgan fingerprint density at radius 3 is 2.33 bits per heavy atom. The average Bonchev–Trinajstić information content (AvgIpc) is 3.05. The number of ketones is 1. The van der Waals surface area contributed by atoms with Gasteiger partial charge in [0, 0.05) is 6.42 Å². The van der Waals surface area contributed by atoms with E-state index in [1.165, 1.54) is 4.80 Å². The van der Waals surface area contributed by atoms with Crippen LogP contribution >= 0.6 is 0 Å². The highest BCUT2D eigenvalue weighted by Crippen LogP contribution is 2.34. The molecular formula is C21H23N3O3. The van der Waals surface area contributed by atoms with Crippen molar-refractivity contribution in [1.29, 1.82) is 0 Å². The lowest BCUT2D eigenvalue weighted by Crippen LogP contribution is -2.22. The lowest BCUT2D eigenvalue weighted by molar-refractivity contribution is -0.122. The molecule has 27 heavy (non-hydrogen) atoms. The summed E-state index contributed by atoms with van der Waals surface area (Å²) in [7, 11) is 0. The number of aromatic hydroxyl groups is 1. The van der Waals surface area contributed by atoms with Crippen molar-refractivity contribution in [2.75, 3.05) is 0 Å². The van der Waals surface area contributed by atoms with E-state index in [0.717, 1.165) is 11.6 Å². The third kappa shape index (κ3) is 3.75. The van der Waals surface area contributed by atoms with E-state index in [1.807, 2.05) is 57.2 Å². The summed E-state index contributed by atoms with van der Waals surface area (Å²) in [6.45, 7) is 9.54. The molecule has 0 fully saturated rings. The van der Waals surface area contributed by atoms with E-state index in [2.05, 4.69) is 16.8 Å². The molecule has 6 nitrogen and oxygen atoms in total. The number of benzene rings is 2. The van der Waals surface area contributed by atoms with Gasteiger partial charge in [0.05, 0.1) is 0 Å². The quantitative estimate of drug-likeness (QED) is 0.679. The van der Waals surface area contributed by atoms with E-state index in [1.54, 1.807) is 0 Å². The van der Waals surface area contributed by atoms with Crippen molar-refractivity contribution in [2.24, 2.45) is 0 Å². The third-order valence-electron chi connectivity index (χ3n) is 4.48. The van der Waals surface area contributed by atoms with Crippen molar-refractivity contribution in [3.8, 4) is 11.4 Å². The molecule has 1 heterocycles. The first-order chi connectivity index (χ1) is 12.7. The van der Waals surface area contributed by atoms with E-state index in [4.69, 9.17) is 0 Å². The van der Waals surface area contributed by atoms with Crippen LogP contribution in [0.2, 0.25) is 0 Å². The fourth-order valence-corrected chi connectivity index (χ4v) is 2.83. The van der Waals surface area contributed by atoms with Gasteiger partial charge in [0.25, 0.3) is 0 Å². The van der Waals surface area contributed by atoms with Gasteiger partial charge in [-0.3, -0.25) is 4.79 Å². The number of aromatic nitrogens is 3. The topological polar surface area (TPSA) is 88.2 Å². The van der Waals surface area contributed by atoms with Crippen molar-refractivity contribution in [2.45, 2.75) is 38.7 Å². The van der Waals surface area contributed by atoms with Gasteiger partial charge in [0.1, 0.15) is 28.6 Å². The molecule has 0 saturated heterocycles. The summed E-state index contributed by atoms with van der Waals surface area (Å²) in [5.41, 5.74) is 3.01. The molecule has 6 heteroatoms. The number of fused-ring (bicyclic) bond motifs is 1. The van der Waals surface area contributed by atoms with Crippen LogP contribution in [-0.4, -0.2) is 37.1 Å². The van der Waals surface area contributed by atoms with Crippen molar-refractivity contribution in [3.05, 3.63) is 60.2 Å². The van der Waals surface area contributed by atoms with Crippen LogP contribution < -0.4 is 0 Å². The van der Waals surface area contributed by atoms with Gasteiger partial charge in [0.2, 0.25) is 0 Å². The monoisotopic (exact) mass is 365 g/mol. The second-order valence-electron chi connectivity index (χ2n) is 7.56. The first-order valence-corrected chi connectivity index (χ1v) is 8.74. The SMILES string of the molecule is C=CC(=O)C(O)Cc1cc(C(C)(C)C)cc(-n2nc3ccccc3n2)c1O. The minimum absolute atomic E-state index is 0.0194. The summed E-state index contributed by atoms with van der Waals surface area (Å²) in [5, 5.41) is 29.8. The zero-order valence-electron chi connectivity index (χ0n) is 15.7. The molecule has 3 aromatic rings. The normalized spacial score (nSPS) is 12.9. The summed E-state index contributed by atoms with van der Waals surface area (Å²) in [6.07, 6.45) is -0.201. The van der Waals surface area contributed by atoms with Crippen molar-refractivity contribution < 1.29 is 15.0 Å². The Hall–Kier alpha value is -2.99. The fraction of sp³-hybridized carbons (Fsp3) is 0.286. The molecule has 0 aliphatic heterocycles. The van der Waals surface area contributed by atoms with Gasteiger partial charge in [-0.1, -0.05) is 45.5 Å². The first-order valence-electron chi connectivity index (χ1n) is 8.74. The molecule has 1 unspecified atom stereocenters. The molecule has 1 atom stereocenters. The van der Waals surface area contributed by atoms with Crippen LogP contribution in [0.15, 0.2) is 49.1 Å². The molecule has 0 spiro atoms. The Balaban J connectivity index is 2.16. The van der Waals surface area contributed by atoms with Crippen LogP contribution in [-0.2, 0) is 16.6 Å².